The Morgan fingerprint density at radius 1 is 1.29 bits per heavy atom. The minimum atomic E-state index is 0. The van der Waals surface area contributed by atoms with Gasteiger partial charge in [-0.1, -0.05) is 37.3 Å². The molecule has 1 aliphatic carbocycles. The highest BCUT2D eigenvalue weighted by Gasteiger charge is 2.39. The largest absolute Gasteiger partial charge is 0.353 e. The van der Waals surface area contributed by atoms with Crippen molar-refractivity contribution >= 4 is 35.8 Å². The van der Waals surface area contributed by atoms with Crippen molar-refractivity contribution in [3.63, 3.8) is 0 Å². The maximum Gasteiger partial charge on any atom is 0.222 e. The molecule has 2 fully saturated rings. The summed E-state index contributed by atoms with van der Waals surface area (Å²) < 4.78 is 0. The van der Waals surface area contributed by atoms with E-state index in [1.807, 2.05) is 11.8 Å². The summed E-state index contributed by atoms with van der Waals surface area (Å²) in [6, 6.07) is 11.4. The number of guanidine groups is 1. The first-order valence-electron chi connectivity index (χ1n) is 8.53. The Bertz CT molecular complexity index is 578. The SMILES string of the molecule is CCC(=O)N1CCC(NC(=NC)NC2CC2c2ccccc2)C1.I. The second-order valence-corrected chi connectivity index (χ2v) is 6.40. The van der Waals surface area contributed by atoms with Crippen molar-refractivity contribution < 1.29 is 4.79 Å². The van der Waals surface area contributed by atoms with E-state index in [-0.39, 0.29) is 29.9 Å². The Kier molecular flexibility index (Phi) is 6.89. The quantitative estimate of drug-likeness (QED) is 0.428. The van der Waals surface area contributed by atoms with E-state index in [1.54, 1.807) is 7.05 Å². The second-order valence-electron chi connectivity index (χ2n) is 6.40. The number of nitrogens with zero attached hydrogens (tertiary/aromatic N) is 2. The third kappa shape index (κ3) is 4.62. The van der Waals surface area contributed by atoms with Crippen LogP contribution in [0.25, 0.3) is 0 Å². The molecule has 3 atom stereocenters. The lowest BCUT2D eigenvalue weighted by Crippen LogP contribution is -2.46. The molecule has 24 heavy (non-hydrogen) atoms. The standard InChI is InChI=1S/C18H26N4O.HI/c1-3-17(23)22-10-9-14(12-22)20-18(19-2)21-16-11-15(16)13-7-5-4-6-8-13;/h4-8,14-16H,3,9-12H2,1-2H3,(H2,19,20,21);1H. The molecule has 2 aliphatic rings. The Hall–Kier alpha value is -1.31. The van der Waals surface area contributed by atoms with E-state index < -0.39 is 0 Å². The summed E-state index contributed by atoms with van der Waals surface area (Å²) in [5.41, 5.74) is 1.39. The molecule has 3 rings (SSSR count). The number of hydrogen-bond donors (Lipinski definition) is 2. The number of hydrogen-bond acceptors (Lipinski definition) is 2. The van der Waals surface area contributed by atoms with Gasteiger partial charge in [-0.25, -0.2) is 0 Å². The molecule has 1 heterocycles. The molecule has 0 aromatic heterocycles. The van der Waals surface area contributed by atoms with E-state index in [2.05, 4.69) is 46.0 Å². The molecular weight excluding hydrogens is 415 g/mol. The monoisotopic (exact) mass is 442 g/mol. The van der Waals surface area contributed by atoms with Crippen LogP contribution in [0.5, 0.6) is 0 Å². The van der Waals surface area contributed by atoms with Gasteiger partial charge >= 0.3 is 0 Å². The number of carbonyl (C=O) groups is 1. The summed E-state index contributed by atoms with van der Waals surface area (Å²) in [5.74, 6) is 1.67. The molecule has 132 valence electrons. The Balaban J connectivity index is 0.00000208. The summed E-state index contributed by atoms with van der Waals surface area (Å²) in [6.45, 7) is 3.54. The molecule has 6 heteroatoms. The summed E-state index contributed by atoms with van der Waals surface area (Å²) >= 11 is 0. The van der Waals surface area contributed by atoms with Gasteiger partial charge < -0.3 is 15.5 Å². The molecule has 1 aromatic carbocycles. The lowest BCUT2D eigenvalue weighted by atomic mass is 10.1. The number of nitrogens with one attached hydrogen (secondary N) is 2. The van der Waals surface area contributed by atoms with Gasteiger partial charge in [0.05, 0.1) is 0 Å². The minimum Gasteiger partial charge on any atom is -0.353 e. The van der Waals surface area contributed by atoms with Crippen molar-refractivity contribution in [3.05, 3.63) is 35.9 Å². The fourth-order valence-corrected chi connectivity index (χ4v) is 3.29. The van der Waals surface area contributed by atoms with Gasteiger partial charge in [-0.2, -0.15) is 0 Å². The molecule has 0 bridgehead atoms. The van der Waals surface area contributed by atoms with Gasteiger partial charge in [-0.15, -0.1) is 24.0 Å². The van der Waals surface area contributed by atoms with Crippen LogP contribution < -0.4 is 10.6 Å². The van der Waals surface area contributed by atoms with E-state index in [9.17, 15) is 4.79 Å². The molecular formula is C18H27IN4O. The number of carbonyl (C=O) groups excluding carboxylic acids is 1. The van der Waals surface area contributed by atoms with Crippen LogP contribution in [0.3, 0.4) is 0 Å². The number of aliphatic imine (C=N–C) groups is 1. The van der Waals surface area contributed by atoms with E-state index in [1.165, 1.54) is 5.56 Å². The van der Waals surface area contributed by atoms with Crippen molar-refractivity contribution in [2.45, 2.75) is 44.2 Å². The van der Waals surface area contributed by atoms with Crippen LogP contribution in [0.15, 0.2) is 35.3 Å². The molecule has 5 nitrogen and oxygen atoms in total. The second kappa shape index (κ2) is 8.69. The molecule has 0 radical (unpaired) electrons. The van der Waals surface area contributed by atoms with Gasteiger partial charge in [0.15, 0.2) is 5.96 Å². The third-order valence-electron chi connectivity index (χ3n) is 4.75. The summed E-state index contributed by atoms with van der Waals surface area (Å²) in [7, 11) is 1.80. The smallest absolute Gasteiger partial charge is 0.222 e. The Labute approximate surface area is 161 Å². The first-order valence-corrected chi connectivity index (χ1v) is 8.53. The van der Waals surface area contributed by atoms with Crippen LogP contribution in [-0.4, -0.2) is 49.0 Å². The van der Waals surface area contributed by atoms with Gasteiger partial charge in [0, 0.05) is 44.6 Å². The zero-order chi connectivity index (χ0) is 16.2. The van der Waals surface area contributed by atoms with E-state index in [0.717, 1.165) is 31.9 Å². The van der Waals surface area contributed by atoms with Crippen molar-refractivity contribution in [1.82, 2.24) is 15.5 Å². The molecule has 1 aliphatic heterocycles. The predicted molar refractivity (Wildman–Crippen MR) is 108 cm³/mol. The van der Waals surface area contributed by atoms with Gasteiger partial charge in [0.1, 0.15) is 0 Å². The average molecular weight is 442 g/mol. The first-order chi connectivity index (χ1) is 11.2. The van der Waals surface area contributed by atoms with Gasteiger partial charge in [0.2, 0.25) is 5.91 Å². The highest BCUT2D eigenvalue weighted by Crippen LogP contribution is 2.40. The number of rotatable bonds is 4. The molecule has 0 spiro atoms. The van der Waals surface area contributed by atoms with Crippen molar-refractivity contribution in [2.24, 2.45) is 4.99 Å². The minimum absolute atomic E-state index is 0. The van der Waals surface area contributed by atoms with Crippen molar-refractivity contribution in [3.8, 4) is 0 Å². The fraction of sp³-hybridized carbons (Fsp3) is 0.556. The highest BCUT2D eigenvalue weighted by atomic mass is 127. The van der Waals surface area contributed by atoms with Crippen LogP contribution in [0.4, 0.5) is 0 Å². The maximum absolute atomic E-state index is 11.8. The summed E-state index contributed by atoms with van der Waals surface area (Å²) in [6.07, 6.45) is 2.72. The lowest BCUT2D eigenvalue weighted by molar-refractivity contribution is -0.129. The zero-order valence-electron chi connectivity index (χ0n) is 14.4. The third-order valence-corrected chi connectivity index (χ3v) is 4.75. The first kappa shape index (κ1) is 19.0. The Morgan fingerprint density at radius 2 is 2.04 bits per heavy atom. The summed E-state index contributed by atoms with van der Waals surface area (Å²) in [5, 5.41) is 6.97. The number of amides is 1. The summed E-state index contributed by atoms with van der Waals surface area (Å²) in [4.78, 5) is 18.0. The van der Waals surface area contributed by atoms with E-state index in [0.29, 0.717) is 24.4 Å². The molecule has 2 N–H and O–H groups in total. The van der Waals surface area contributed by atoms with Gasteiger partial charge in [-0.05, 0) is 18.4 Å². The van der Waals surface area contributed by atoms with Gasteiger partial charge in [0.25, 0.3) is 0 Å². The molecule has 1 aromatic rings. The zero-order valence-corrected chi connectivity index (χ0v) is 16.7. The lowest BCUT2D eigenvalue weighted by Gasteiger charge is -2.18. The number of halogens is 1. The van der Waals surface area contributed by atoms with Crippen molar-refractivity contribution in [2.75, 3.05) is 20.1 Å². The van der Waals surface area contributed by atoms with Gasteiger partial charge in [-0.3, -0.25) is 9.79 Å². The highest BCUT2D eigenvalue weighted by molar-refractivity contribution is 14.0. The van der Waals surface area contributed by atoms with Crippen LogP contribution in [-0.2, 0) is 4.79 Å². The topological polar surface area (TPSA) is 56.7 Å². The maximum atomic E-state index is 11.8. The van der Waals surface area contributed by atoms with E-state index >= 15 is 0 Å². The van der Waals surface area contributed by atoms with Crippen LogP contribution in [0.2, 0.25) is 0 Å². The molecule has 1 saturated carbocycles. The number of likely N-dealkylation sites (tertiary alicyclic amines) is 1. The molecule has 3 unspecified atom stereocenters. The average Bonchev–Trinajstić information content (AvgIpc) is 3.21. The molecule has 1 amide bonds. The molecule has 1 saturated heterocycles. The predicted octanol–water partition coefficient (Wildman–Crippen LogP) is 2.34. The van der Waals surface area contributed by atoms with Crippen molar-refractivity contribution in [1.29, 1.82) is 0 Å². The fourth-order valence-electron chi connectivity index (χ4n) is 3.29. The van der Waals surface area contributed by atoms with Crippen LogP contribution in [0, 0.1) is 0 Å². The number of benzene rings is 1. The van der Waals surface area contributed by atoms with Crippen LogP contribution in [0.1, 0.15) is 37.7 Å². The van der Waals surface area contributed by atoms with Crippen LogP contribution >= 0.6 is 24.0 Å². The Morgan fingerprint density at radius 3 is 2.71 bits per heavy atom. The normalized spacial score (nSPS) is 25.8. The van der Waals surface area contributed by atoms with E-state index in [4.69, 9.17) is 0 Å².